The Labute approximate surface area is 96.7 Å². The molecular formula is C11H10FNO4. The second-order valence-electron chi connectivity index (χ2n) is 3.26. The molecular weight excluding hydrogens is 229 g/mol. The van der Waals surface area contributed by atoms with Crippen molar-refractivity contribution in [3.8, 4) is 6.07 Å². The highest BCUT2D eigenvalue weighted by molar-refractivity contribution is 5.75. The summed E-state index contributed by atoms with van der Waals surface area (Å²) in [6.45, 7) is 0. The van der Waals surface area contributed by atoms with Crippen LogP contribution in [-0.4, -0.2) is 29.4 Å². The molecule has 0 saturated heterocycles. The van der Waals surface area contributed by atoms with E-state index in [-0.39, 0.29) is 11.1 Å². The number of aliphatic hydroxyl groups excluding tert-OH is 2. The molecule has 1 aromatic carbocycles. The number of hydrogen-bond acceptors (Lipinski definition) is 5. The van der Waals surface area contributed by atoms with E-state index in [1.54, 1.807) is 6.07 Å². The number of rotatable bonds is 3. The lowest BCUT2D eigenvalue weighted by molar-refractivity contribution is -0.156. The van der Waals surface area contributed by atoms with Crippen molar-refractivity contribution in [2.24, 2.45) is 0 Å². The van der Waals surface area contributed by atoms with Crippen molar-refractivity contribution in [2.45, 2.75) is 12.2 Å². The third kappa shape index (κ3) is 2.78. The van der Waals surface area contributed by atoms with Crippen molar-refractivity contribution >= 4 is 5.97 Å². The van der Waals surface area contributed by atoms with Crippen LogP contribution >= 0.6 is 0 Å². The molecule has 0 radical (unpaired) electrons. The molecule has 0 amide bonds. The smallest absolute Gasteiger partial charge is 0.337 e. The van der Waals surface area contributed by atoms with Crippen molar-refractivity contribution in [1.29, 1.82) is 5.26 Å². The summed E-state index contributed by atoms with van der Waals surface area (Å²) in [7, 11) is 1.06. The van der Waals surface area contributed by atoms with Crippen molar-refractivity contribution < 1.29 is 24.1 Å². The van der Waals surface area contributed by atoms with E-state index in [0.29, 0.717) is 0 Å². The fourth-order valence-corrected chi connectivity index (χ4v) is 1.24. The van der Waals surface area contributed by atoms with Gasteiger partial charge in [-0.25, -0.2) is 9.18 Å². The topological polar surface area (TPSA) is 90.6 Å². The normalized spacial score (nSPS) is 13.6. The van der Waals surface area contributed by atoms with Gasteiger partial charge < -0.3 is 14.9 Å². The fraction of sp³-hybridized carbons (Fsp3) is 0.273. The minimum Gasteiger partial charge on any atom is -0.467 e. The Morgan fingerprint density at radius 2 is 2.18 bits per heavy atom. The molecule has 5 nitrogen and oxygen atoms in total. The number of halogens is 1. The monoisotopic (exact) mass is 239 g/mol. The zero-order valence-electron chi connectivity index (χ0n) is 8.92. The highest BCUT2D eigenvalue weighted by Gasteiger charge is 2.26. The van der Waals surface area contributed by atoms with E-state index in [0.717, 1.165) is 19.2 Å². The molecule has 0 aliphatic heterocycles. The summed E-state index contributed by atoms with van der Waals surface area (Å²) in [5.74, 6) is -1.75. The molecule has 0 heterocycles. The maximum absolute atomic E-state index is 13.0. The lowest BCUT2D eigenvalue weighted by atomic mass is 10.0. The molecule has 0 saturated carbocycles. The summed E-state index contributed by atoms with van der Waals surface area (Å²) in [6, 6.07) is 4.80. The van der Waals surface area contributed by atoms with E-state index in [9.17, 15) is 19.4 Å². The molecule has 0 fully saturated rings. The summed E-state index contributed by atoms with van der Waals surface area (Å²) in [4.78, 5) is 11.0. The van der Waals surface area contributed by atoms with Crippen LogP contribution < -0.4 is 0 Å². The van der Waals surface area contributed by atoms with Crippen LogP contribution in [0.15, 0.2) is 18.2 Å². The molecule has 2 N–H and O–H groups in total. The molecule has 0 bridgehead atoms. The van der Waals surface area contributed by atoms with Gasteiger partial charge in [-0.3, -0.25) is 0 Å². The summed E-state index contributed by atoms with van der Waals surface area (Å²) in [5.41, 5.74) is -0.223. The molecule has 1 aromatic rings. The van der Waals surface area contributed by atoms with Crippen LogP contribution in [0.25, 0.3) is 0 Å². The Hall–Kier alpha value is -1.97. The fourth-order valence-electron chi connectivity index (χ4n) is 1.24. The highest BCUT2D eigenvalue weighted by Crippen LogP contribution is 2.20. The van der Waals surface area contributed by atoms with Gasteiger partial charge >= 0.3 is 5.97 Å². The van der Waals surface area contributed by atoms with Gasteiger partial charge in [-0.05, 0) is 17.7 Å². The molecule has 0 aliphatic carbocycles. The van der Waals surface area contributed by atoms with Gasteiger partial charge in [0, 0.05) is 0 Å². The molecule has 1 rings (SSSR count). The molecule has 17 heavy (non-hydrogen) atoms. The first-order valence-corrected chi connectivity index (χ1v) is 4.64. The van der Waals surface area contributed by atoms with Gasteiger partial charge in [0.25, 0.3) is 0 Å². The van der Waals surface area contributed by atoms with Crippen molar-refractivity contribution in [3.05, 3.63) is 35.1 Å². The number of ether oxygens (including phenoxy) is 1. The third-order valence-corrected chi connectivity index (χ3v) is 2.19. The van der Waals surface area contributed by atoms with Gasteiger partial charge in [-0.2, -0.15) is 5.26 Å². The maximum Gasteiger partial charge on any atom is 0.337 e. The highest BCUT2D eigenvalue weighted by atomic mass is 19.1. The van der Waals surface area contributed by atoms with E-state index in [1.807, 2.05) is 0 Å². The van der Waals surface area contributed by atoms with Crippen LogP contribution in [0, 0.1) is 17.1 Å². The first-order chi connectivity index (χ1) is 8.01. The minimum atomic E-state index is -1.78. The first kappa shape index (κ1) is 13.1. The first-order valence-electron chi connectivity index (χ1n) is 4.64. The number of carbonyl (C=O) groups is 1. The number of methoxy groups -OCH3 is 1. The standard InChI is InChI=1S/C11H10FNO4/c1-17-11(16)10(15)9(14)6-2-3-8(12)7(4-6)5-13/h2-4,9-10,14-15H,1H3. The maximum atomic E-state index is 13.0. The van der Waals surface area contributed by atoms with Crippen LogP contribution in [0.4, 0.5) is 4.39 Å². The zero-order chi connectivity index (χ0) is 13.0. The quantitative estimate of drug-likeness (QED) is 0.738. The van der Waals surface area contributed by atoms with Gasteiger partial charge in [0.2, 0.25) is 0 Å². The third-order valence-electron chi connectivity index (χ3n) is 2.19. The van der Waals surface area contributed by atoms with E-state index in [2.05, 4.69) is 4.74 Å². The average Bonchev–Trinajstić information content (AvgIpc) is 2.36. The Morgan fingerprint density at radius 1 is 1.53 bits per heavy atom. The molecule has 2 unspecified atom stereocenters. The van der Waals surface area contributed by atoms with Crippen LogP contribution in [-0.2, 0) is 9.53 Å². The molecule has 0 spiro atoms. The van der Waals surface area contributed by atoms with Crippen LogP contribution in [0.5, 0.6) is 0 Å². The van der Waals surface area contributed by atoms with E-state index < -0.39 is 24.0 Å². The van der Waals surface area contributed by atoms with Gasteiger partial charge in [0.1, 0.15) is 18.0 Å². The second kappa shape index (κ2) is 5.39. The van der Waals surface area contributed by atoms with Gasteiger partial charge in [-0.15, -0.1) is 0 Å². The number of nitrogens with zero attached hydrogens (tertiary/aromatic N) is 1. The van der Waals surface area contributed by atoms with Gasteiger partial charge in [0.05, 0.1) is 12.7 Å². The molecule has 0 aliphatic rings. The number of hydrogen-bond donors (Lipinski definition) is 2. The average molecular weight is 239 g/mol. The van der Waals surface area contributed by atoms with Crippen molar-refractivity contribution in [3.63, 3.8) is 0 Å². The molecule has 0 aromatic heterocycles. The van der Waals surface area contributed by atoms with Crippen LogP contribution in [0.1, 0.15) is 17.2 Å². The number of benzene rings is 1. The zero-order valence-corrected chi connectivity index (χ0v) is 8.92. The predicted octanol–water partition coefficient (Wildman–Crippen LogP) is 0.265. The number of carbonyl (C=O) groups excluding carboxylic acids is 1. The van der Waals surface area contributed by atoms with E-state index >= 15 is 0 Å². The summed E-state index contributed by atoms with van der Waals surface area (Å²) in [5, 5.41) is 27.6. The van der Waals surface area contributed by atoms with Gasteiger partial charge in [0.15, 0.2) is 6.10 Å². The Morgan fingerprint density at radius 3 is 2.71 bits per heavy atom. The van der Waals surface area contributed by atoms with E-state index in [4.69, 9.17) is 5.26 Å². The molecule has 6 heteroatoms. The summed E-state index contributed by atoms with van der Waals surface area (Å²) >= 11 is 0. The van der Waals surface area contributed by atoms with Crippen molar-refractivity contribution in [2.75, 3.05) is 7.11 Å². The number of nitriles is 1. The lowest BCUT2D eigenvalue weighted by Gasteiger charge is -2.16. The summed E-state index contributed by atoms with van der Waals surface area (Å²) in [6.07, 6.45) is -3.35. The second-order valence-corrected chi connectivity index (χ2v) is 3.26. The Bertz CT molecular complexity index is 469. The SMILES string of the molecule is COC(=O)C(O)C(O)c1ccc(F)c(C#N)c1. The Kier molecular flexibility index (Phi) is 4.15. The van der Waals surface area contributed by atoms with Crippen LogP contribution in [0.2, 0.25) is 0 Å². The van der Waals surface area contributed by atoms with E-state index in [1.165, 1.54) is 6.07 Å². The predicted molar refractivity (Wildman–Crippen MR) is 54.1 cm³/mol. The Balaban J connectivity index is 3.01. The largest absolute Gasteiger partial charge is 0.467 e. The number of aliphatic hydroxyl groups is 2. The van der Waals surface area contributed by atoms with Gasteiger partial charge in [-0.1, -0.05) is 6.07 Å². The molecule has 90 valence electrons. The lowest BCUT2D eigenvalue weighted by Crippen LogP contribution is -2.29. The minimum absolute atomic E-state index is 0.0563. The van der Waals surface area contributed by atoms with Crippen LogP contribution in [0.3, 0.4) is 0 Å². The number of esters is 1. The molecule has 2 atom stereocenters. The van der Waals surface area contributed by atoms with Crippen molar-refractivity contribution in [1.82, 2.24) is 0 Å². The summed E-state index contributed by atoms with van der Waals surface area (Å²) < 4.78 is 17.2.